The Morgan fingerprint density at radius 1 is 1.30 bits per heavy atom. The monoisotopic (exact) mass is 430 g/mol. The molecule has 1 unspecified atom stereocenters. The van der Waals surface area contributed by atoms with Crippen molar-refractivity contribution >= 4 is 38.9 Å². The highest BCUT2D eigenvalue weighted by molar-refractivity contribution is 7.91. The largest absolute Gasteiger partial charge is 0.497 e. The number of hydrogen-bond donors (Lipinski definition) is 0. The molecule has 1 aromatic carbocycles. The first-order valence-corrected chi connectivity index (χ1v) is 10.9. The van der Waals surface area contributed by atoms with Gasteiger partial charge in [-0.1, -0.05) is 35.3 Å². The zero-order valence-electron chi connectivity index (χ0n) is 15.0. The molecule has 1 amide bonds. The van der Waals surface area contributed by atoms with E-state index in [4.69, 9.17) is 27.9 Å². The van der Waals surface area contributed by atoms with Gasteiger partial charge in [-0.05, 0) is 30.2 Å². The van der Waals surface area contributed by atoms with Crippen molar-refractivity contribution in [1.29, 1.82) is 0 Å². The van der Waals surface area contributed by atoms with Crippen molar-refractivity contribution in [3.8, 4) is 5.75 Å². The SMILES string of the molecule is COc1ccc(CN(C(=O)c2cc(Cl)c(Cl)n2C)C2CCS(=O)(=O)C2)cc1. The van der Waals surface area contributed by atoms with E-state index in [0.29, 0.717) is 17.9 Å². The summed E-state index contributed by atoms with van der Waals surface area (Å²) in [6, 6.07) is 8.44. The number of carbonyl (C=O) groups is 1. The summed E-state index contributed by atoms with van der Waals surface area (Å²) in [5, 5.41) is 0.550. The zero-order chi connectivity index (χ0) is 19.8. The fourth-order valence-electron chi connectivity index (χ4n) is 3.21. The minimum atomic E-state index is -3.15. The van der Waals surface area contributed by atoms with Crippen LogP contribution in [0, 0.1) is 0 Å². The van der Waals surface area contributed by atoms with Crippen molar-refractivity contribution in [2.45, 2.75) is 19.0 Å². The fraction of sp³-hybridized carbons (Fsp3) is 0.389. The predicted octanol–water partition coefficient (Wildman–Crippen LogP) is 3.17. The standard InChI is InChI=1S/C18H20Cl2N2O4S/c1-21-16(9-15(19)17(21)20)18(23)22(13-7-8-27(24,25)11-13)10-12-3-5-14(26-2)6-4-12/h3-6,9,13H,7-8,10-11H2,1-2H3. The highest BCUT2D eigenvalue weighted by atomic mass is 35.5. The molecule has 2 aromatic rings. The van der Waals surface area contributed by atoms with Gasteiger partial charge in [-0.25, -0.2) is 8.42 Å². The second-order valence-electron chi connectivity index (χ2n) is 6.57. The van der Waals surface area contributed by atoms with Crippen LogP contribution in [-0.2, 0) is 23.4 Å². The molecule has 146 valence electrons. The van der Waals surface area contributed by atoms with E-state index in [2.05, 4.69) is 0 Å². The van der Waals surface area contributed by atoms with Crippen molar-refractivity contribution in [3.05, 3.63) is 51.8 Å². The Balaban J connectivity index is 1.93. The average molecular weight is 431 g/mol. The topological polar surface area (TPSA) is 68.6 Å². The van der Waals surface area contributed by atoms with Gasteiger partial charge in [0.25, 0.3) is 5.91 Å². The highest BCUT2D eigenvalue weighted by Gasteiger charge is 2.36. The third-order valence-corrected chi connectivity index (χ3v) is 7.35. The molecule has 27 heavy (non-hydrogen) atoms. The van der Waals surface area contributed by atoms with E-state index in [1.54, 1.807) is 31.2 Å². The molecule has 0 spiro atoms. The molecule has 2 heterocycles. The number of rotatable bonds is 5. The predicted molar refractivity (Wildman–Crippen MR) is 105 cm³/mol. The number of carbonyl (C=O) groups excluding carboxylic acids is 1. The molecule has 6 nitrogen and oxygen atoms in total. The minimum absolute atomic E-state index is 0.0409. The molecule has 1 aromatic heterocycles. The molecule has 0 radical (unpaired) electrons. The zero-order valence-corrected chi connectivity index (χ0v) is 17.3. The highest BCUT2D eigenvalue weighted by Crippen LogP contribution is 2.28. The van der Waals surface area contributed by atoms with Crippen LogP contribution in [0.5, 0.6) is 5.75 Å². The molecule has 0 N–H and O–H groups in total. The van der Waals surface area contributed by atoms with Gasteiger partial charge in [-0.2, -0.15) is 0 Å². The van der Waals surface area contributed by atoms with Gasteiger partial charge in [0, 0.05) is 19.6 Å². The number of methoxy groups -OCH3 is 1. The van der Waals surface area contributed by atoms with Gasteiger partial charge in [-0.15, -0.1) is 0 Å². The Morgan fingerprint density at radius 3 is 2.44 bits per heavy atom. The molecule has 0 aliphatic carbocycles. The lowest BCUT2D eigenvalue weighted by atomic mass is 10.1. The third kappa shape index (κ3) is 4.25. The summed E-state index contributed by atoms with van der Waals surface area (Å²) >= 11 is 12.1. The first-order chi connectivity index (χ1) is 12.7. The smallest absolute Gasteiger partial charge is 0.271 e. The fourth-order valence-corrected chi connectivity index (χ4v) is 5.32. The summed E-state index contributed by atoms with van der Waals surface area (Å²) in [6.07, 6.45) is 0.413. The number of hydrogen-bond acceptors (Lipinski definition) is 4. The van der Waals surface area contributed by atoms with Crippen LogP contribution in [0.15, 0.2) is 30.3 Å². The van der Waals surface area contributed by atoms with E-state index >= 15 is 0 Å². The van der Waals surface area contributed by atoms with E-state index in [1.165, 1.54) is 10.6 Å². The molecule has 1 aliphatic heterocycles. The van der Waals surface area contributed by atoms with Crippen molar-refractivity contribution in [1.82, 2.24) is 9.47 Å². The quantitative estimate of drug-likeness (QED) is 0.730. The molecule has 1 saturated heterocycles. The second kappa shape index (κ2) is 7.73. The number of aromatic nitrogens is 1. The summed E-state index contributed by atoms with van der Waals surface area (Å²) in [6.45, 7) is 0.281. The van der Waals surface area contributed by atoms with E-state index < -0.39 is 15.9 Å². The summed E-state index contributed by atoms with van der Waals surface area (Å²) in [5.41, 5.74) is 1.20. The molecule has 9 heteroatoms. The van der Waals surface area contributed by atoms with Crippen molar-refractivity contribution in [3.63, 3.8) is 0 Å². The molecule has 3 rings (SSSR count). The maximum atomic E-state index is 13.2. The Hall–Kier alpha value is -1.70. The Kier molecular flexibility index (Phi) is 5.74. The van der Waals surface area contributed by atoms with Gasteiger partial charge in [0.15, 0.2) is 9.84 Å². The van der Waals surface area contributed by atoms with Crippen LogP contribution in [-0.4, -0.2) is 48.4 Å². The van der Waals surface area contributed by atoms with Crippen molar-refractivity contribution in [2.75, 3.05) is 18.6 Å². The summed E-state index contributed by atoms with van der Waals surface area (Å²) < 4.78 is 30.6. The van der Waals surface area contributed by atoms with Crippen LogP contribution < -0.4 is 4.74 Å². The lowest BCUT2D eigenvalue weighted by molar-refractivity contribution is 0.0671. The first-order valence-electron chi connectivity index (χ1n) is 8.37. The van der Waals surface area contributed by atoms with Crippen LogP contribution in [0.3, 0.4) is 0 Å². The van der Waals surface area contributed by atoms with Gasteiger partial charge < -0.3 is 14.2 Å². The maximum Gasteiger partial charge on any atom is 0.271 e. The van der Waals surface area contributed by atoms with Crippen LogP contribution >= 0.6 is 23.2 Å². The number of ether oxygens (including phenoxy) is 1. The molecular formula is C18H20Cl2N2O4S. The lowest BCUT2D eigenvalue weighted by Gasteiger charge is -2.28. The Morgan fingerprint density at radius 2 is 1.96 bits per heavy atom. The summed E-state index contributed by atoms with van der Waals surface area (Å²) in [5.74, 6) is 0.449. The summed E-state index contributed by atoms with van der Waals surface area (Å²) in [7, 11) is 0.0866. The number of benzene rings is 1. The first kappa shape index (κ1) is 20.0. The molecular weight excluding hydrogens is 411 g/mol. The van der Waals surface area contributed by atoms with Crippen LogP contribution in [0.2, 0.25) is 10.2 Å². The number of halogens is 2. The normalized spacial score (nSPS) is 18.4. The van der Waals surface area contributed by atoms with E-state index in [9.17, 15) is 13.2 Å². The summed E-state index contributed by atoms with van der Waals surface area (Å²) in [4.78, 5) is 14.8. The van der Waals surface area contributed by atoms with Crippen LogP contribution in [0.25, 0.3) is 0 Å². The van der Waals surface area contributed by atoms with E-state index in [-0.39, 0.29) is 34.1 Å². The number of sulfone groups is 1. The molecule has 1 fully saturated rings. The second-order valence-corrected chi connectivity index (χ2v) is 9.56. The van der Waals surface area contributed by atoms with Crippen LogP contribution in [0.4, 0.5) is 0 Å². The van der Waals surface area contributed by atoms with Gasteiger partial charge >= 0.3 is 0 Å². The average Bonchev–Trinajstić information content (AvgIpc) is 3.13. The van der Waals surface area contributed by atoms with Gasteiger partial charge in [-0.3, -0.25) is 4.79 Å². The van der Waals surface area contributed by atoms with Gasteiger partial charge in [0.05, 0.1) is 23.6 Å². The molecule has 0 bridgehead atoms. The van der Waals surface area contributed by atoms with E-state index in [1.807, 2.05) is 12.1 Å². The van der Waals surface area contributed by atoms with Crippen molar-refractivity contribution in [2.24, 2.45) is 7.05 Å². The number of nitrogens with zero attached hydrogens (tertiary/aromatic N) is 2. The van der Waals surface area contributed by atoms with Crippen molar-refractivity contribution < 1.29 is 17.9 Å². The maximum absolute atomic E-state index is 13.2. The van der Waals surface area contributed by atoms with Crippen LogP contribution in [0.1, 0.15) is 22.5 Å². The number of amides is 1. The molecule has 1 aliphatic rings. The van der Waals surface area contributed by atoms with Gasteiger partial charge in [0.1, 0.15) is 16.6 Å². The Labute approximate surface area is 168 Å². The lowest BCUT2D eigenvalue weighted by Crippen LogP contribution is -2.41. The molecule has 1 atom stereocenters. The molecule has 0 saturated carbocycles. The Bertz CT molecular complexity index is 954. The van der Waals surface area contributed by atoms with E-state index in [0.717, 1.165) is 5.56 Å². The van der Waals surface area contributed by atoms with Gasteiger partial charge in [0.2, 0.25) is 0 Å². The minimum Gasteiger partial charge on any atom is -0.497 e. The third-order valence-electron chi connectivity index (χ3n) is 4.76.